The monoisotopic (exact) mass is 422 g/mol. The maximum absolute atomic E-state index is 12.7. The van der Waals surface area contributed by atoms with Crippen molar-refractivity contribution in [1.29, 1.82) is 0 Å². The van der Waals surface area contributed by atoms with E-state index in [4.69, 9.17) is 11.6 Å². The molecule has 0 radical (unpaired) electrons. The zero-order valence-electron chi connectivity index (χ0n) is 16.7. The lowest BCUT2D eigenvalue weighted by Crippen LogP contribution is -2.35. The zero-order valence-corrected chi connectivity index (χ0v) is 18.3. The molecule has 0 saturated heterocycles. The molecular formula is C21H31ClN4OS. The largest absolute Gasteiger partial charge is 0.328 e. The Morgan fingerprint density at radius 2 is 1.61 bits per heavy atom. The van der Waals surface area contributed by atoms with Gasteiger partial charge in [0.05, 0.1) is 0 Å². The number of hydrogen-bond acceptors (Lipinski definition) is 4. The van der Waals surface area contributed by atoms with Crippen molar-refractivity contribution in [1.82, 2.24) is 10.2 Å². The van der Waals surface area contributed by atoms with Crippen molar-refractivity contribution in [3.63, 3.8) is 0 Å². The summed E-state index contributed by atoms with van der Waals surface area (Å²) in [6.45, 7) is 2.89. The molecule has 1 heterocycles. The molecule has 2 rings (SSSR count). The number of urea groups is 1. The zero-order chi connectivity index (χ0) is 20.0. The van der Waals surface area contributed by atoms with Crippen molar-refractivity contribution >= 4 is 39.8 Å². The molecule has 2 aromatic rings. The average Bonchev–Trinajstić information content (AvgIpc) is 3.22. The quantitative estimate of drug-likeness (QED) is 0.348. The van der Waals surface area contributed by atoms with E-state index in [1.807, 2.05) is 0 Å². The number of aromatic nitrogens is 2. The number of unbranched alkanes of at least 4 members (excludes halogenated alkanes) is 9. The predicted molar refractivity (Wildman–Crippen MR) is 120 cm³/mol. The molecule has 2 amide bonds. The standard InChI is InChI=1S/C21H31ClN4OS/c1-2-3-4-5-6-7-8-9-10-11-16-26(21-25-23-17-28-21)20(27)24-19-14-12-18(22)13-15-19/h12-15,17H,2-11,16H2,1H3,(H,24,27). The number of nitrogens with one attached hydrogen (secondary N) is 1. The minimum atomic E-state index is -0.185. The second-order valence-corrected chi connectivity index (χ2v) is 8.24. The maximum atomic E-state index is 12.7. The molecule has 1 N–H and O–H groups in total. The van der Waals surface area contributed by atoms with Crippen molar-refractivity contribution < 1.29 is 4.79 Å². The molecule has 0 aliphatic carbocycles. The first-order valence-corrected chi connectivity index (χ1v) is 11.6. The Labute approximate surface area is 177 Å². The van der Waals surface area contributed by atoms with Gasteiger partial charge in [0, 0.05) is 17.3 Å². The number of carbonyl (C=O) groups excluding carboxylic acids is 1. The number of anilines is 2. The van der Waals surface area contributed by atoms with Crippen molar-refractivity contribution in [3.05, 3.63) is 34.8 Å². The van der Waals surface area contributed by atoms with E-state index in [1.165, 1.54) is 62.7 Å². The van der Waals surface area contributed by atoms with Crippen molar-refractivity contribution in [2.75, 3.05) is 16.8 Å². The third-order valence-corrected chi connectivity index (χ3v) is 5.62. The Morgan fingerprint density at radius 1 is 1.00 bits per heavy atom. The van der Waals surface area contributed by atoms with Gasteiger partial charge in [0.15, 0.2) is 0 Å². The van der Waals surface area contributed by atoms with Gasteiger partial charge in [-0.05, 0) is 30.7 Å². The molecule has 1 aromatic carbocycles. The molecular weight excluding hydrogens is 392 g/mol. The second kappa shape index (κ2) is 13.5. The van der Waals surface area contributed by atoms with Crippen LogP contribution >= 0.6 is 22.9 Å². The van der Waals surface area contributed by atoms with Crippen LogP contribution in [0.25, 0.3) is 0 Å². The van der Waals surface area contributed by atoms with Gasteiger partial charge in [-0.3, -0.25) is 4.90 Å². The van der Waals surface area contributed by atoms with Gasteiger partial charge in [-0.25, -0.2) is 4.79 Å². The molecule has 154 valence electrons. The molecule has 0 aliphatic heterocycles. The van der Waals surface area contributed by atoms with Gasteiger partial charge in [0.25, 0.3) is 0 Å². The van der Waals surface area contributed by atoms with Gasteiger partial charge in [-0.15, -0.1) is 10.2 Å². The molecule has 0 spiro atoms. The summed E-state index contributed by atoms with van der Waals surface area (Å²) < 4.78 is 0. The third kappa shape index (κ3) is 8.57. The molecule has 0 atom stereocenters. The van der Waals surface area contributed by atoms with Crippen molar-refractivity contribution in [3.8, 4) is 0 Å². The molecule has 0 bridgehead atoms. The highest BCUT2D eigenvalue weighted by molar-refractivity contribution is 7.13. The molecule has 1 aromatic heterocycles. The lowest BCUT2D eigenvalue weighted by molar-refractivity contribution is 0.256. The van der Waals surface area contributed by atoms with Gasteiger partial charge in [0.2, 0.25) is 5.13 Å². The van der Waals surface area contributed by atoms with Crippen LogP contribution in [0.3, 0.4) is 0 Å². The highest BCUT2D eigenvalue weighted by atomic mass is 35.5. The fraction of sp³-hybridized carbons (Fsp3) is 0.571. The Kier molecular flexibility index (Phi) is 10.9. The van der Waals surface area contributed by atoms with Crippen LogP contribution in [0, 0.1) is 0 Å². The fourth-order valence-electron chi connectivity index (χ4n) is 3.05. The van der Waals surface area contributed by atoms with E-state index >= 15 is 0 Å². The molecule has 28 heavy (non-hydrogen) atoms. The second-order valence-electron chi connectivity index (χ2n) is 6.99. The molecule has 0 fully saturated rings. The molecule has 7 heteroatoms. The summed E-state index contributed by atoms with van der Waals surface area (Å²) in [5, 5.41) is 12.1. The number of carbonyl (C=O) groups is 1. The first-order valence-electron chi connectivity index (χ1n) is 10.3. The first-order chi connectivity index (χ1) is 13.7. The van der Waals surface area contributed by atoms with E-state index in [0.29, 0.717) is 22.4 Å². The van der Waals surface area contributed by atoms with E-state index in [1.54, 1.807) is 34.7 Å². The first kappa shape index (κ1) is 22.6. The SMILES string of the molecule is CCCCCCCCCCCCN(C(=O)Nc1ccc(Cl)cc1)c1nncs1. The number of nitrogens with zero attached hydrogens (tertiary/aromatic N) is 3. The van der Waals surface area contributed by atoms with E-state index < -0.39 is 0 Å². The Hall–Kier alpha value is -1.66. The minimum Gasteiger partial charge on any atom is -0.307 e. The van der Waals surface area contributed by atoms with E-state index in [9.17, 15) is 4.79 Å². The van der Waals surface area contributed by atoms with Crippen LogP contribution < -0.4 is 10.2 Å². The highest BCUT2D eigenvalue weighted by Gasteiger charge is 2.18. The lowest BCUT2D eigenvalue weighted by Gasteiger charge is -2.20. The topological polar surface area (TPSA) is 58.1 Å². The van der Waals surface area contributed by atoms with Crippen LogP contribution in [-0.4, -0.2) is 22.8 Å². The summed E-state index contributed by atoms with van der Waals surface area (Å²) in [4.78, 5) is 14.4. The number of benzene rings is 1. The lowest BCUT2D eigenvalue weighted by atomic mass is 10.1. The number of halogens is 1. The predicted octanol–water partition coefficient (Wildman–Crippen LogP) is 7.15. The Balaban J connectivity index is 1.71. The van der Waals surface area contributed by atoms with Gasteiger partial charge in [-0.1, -0.05) is 87.6 Å². The van der Waals surface area contributed by atoms with Crippen LogP contribution in [0.4, 0.5) is 15.6 Å². The van der Waals surface area contributed by atoms with E-state index in [-0.39, 0.29) is 6.03 Å². The van der Waals surface area contributed by atoms with Crippen LogP contribution in [0.2, 0.25) is 5.02 Å². The van der Waals surface area contributed by atoms with Gasteiger partial charge >= 0.3 is 6.03 Å². The summed E-state index contributed by atoms with van der Waals surface area (Å²) in [6, 6.07) is 6.91. The number of hydrogen-bond donors (Lipinski definition) is 1. The van der Waals surface area contributed by atoms with Crippen LogP contribution in [0.5, 0.6) is 0 Å². The van der Waals surface area contributed by atoms with Crippen molar-refractivity contribution in [2.45, 2.75) is 71.1 Å². The number of amides is 2. The highest BCUT2D eigenvalue weighted by Crippen LogP contribution is 2.20. The molecule has 5 nitrogen and oxygen atoms in total. The molecule has 0 aliphatic rings. The van der Waals surface area contributed by atoms with E-state index in [0.717, 1.165) is 12.8 Å². The van der Waals surface area contributed by atoms with Crippen molar-refractivity contribution in [2.24, 2.45) is 0 Å². The summed E-state index contributed by atoms with van der Waals surface area (Å²) in [5.41, 5.74) is 2.36. The van der Waals surface area contributed by atoms with Gasteiger partial charge in [0.1, 0.15) is 5.51 Å². The molecule has 0 saturated carbocycles. The maximum Gasteiger partial charge on any atom is 0.328 e. The fourth-order valence-corrected chi connectivity index (χ4v) is 3.76. The van der Waals surface area contributed by atoms with Gasteiger partial charge in [-0.2, -0.15) is 0 Å². The Morgan fingerprint density at radius 3 is 2.18 bits per heavy atom. The van der Waals surface area contributed by atoms with Crippen LogP contribution in [-0.2, 0) is 0 Å². The number of rotatable bonds is 13. The summed E-state index contributed by atoms with van der Waals surface area (Å²) in [7, 11) is 0. The summed E-state index contributed by atoms with van der Waals surface area (Å²) in [5.74, 6) is 0. The van der Waals surface area contributed by atoms with Crippen LogP contribution in [0.1, 0.15) is 71.1 Å². The average molecular weight is 423 g/mol. The van der Waals surface area contributed by atoms with E-state index in [2.05, 4.69) is 22.4 Å². The van der Waals surface area contributed by atoms with Gasteiger partial charge < -0.3 is 5.32 Å². The smallest absolute Gasteiger partial charge is 0.307 e. The normalized spacial score (nSPS) is 10.8. The Bertz CT molecular complexity index is 664. The molecule has 0 unspecified atom stereocenters. The summed E-state index contributed by atoms with van der Waals surface area (Å²) in [6.07, 6.45) is 12.7. The minimum absolute atomic E-state index is 0.185. The third-order valence-electron chi connectivity index (χ3n) is 4.66. The van der Waals surface area contributed by atoms with Crippen LogP contribution in [0.15, 0.2) is 29.8 Å². The summed E-state index contributed by atoms with van der Waals surface area (Å²) >= 11 is 7.28.